The number of aromatic carboxylic acids is 1. The van der Waals surface area contributed by atoms with Crippen LogP contribution >= 0.6 is 0 Å². The zero-order chi connectivity index (χ0) is 19.9. The molecular formula is C22H23ClNO5-. The Balaban J connectivity index is 0.00000300. The third kappa shape index (κ3) is 5.76. The Morgan fingerprint density at radius 3 is 2.55 bits per heavy atom. The molecule has 0 aliphatic carbocycles. The molecule has 0 atom stereocenters. The molecule has 0 fully saturated rings. The molecule has 7 heteroatoms. The van der Waals surface area contributed by atoms with Gasteiger partial charge < -0.3 is 36.7 Å². The summed E-state index contributed by atoms with van der Waals surface area (Å²) in [6.07, 6.45) is 0.842. The highest BCUT2D eigenvalue weighted by atomic mass is 35.5. The molecule has 2 aromatic carbocycles. The molecule has 6 nitrogen and oxygen atoms in total. The molecule has 0 saturated carbocycles. The van der Waals surface area contributed by atoms with Gasteiger partial charge in [0.25, 0.3) is 0 Å². The number of hydrogen-bond acceptors (Lipinski definition) is 5. The van der Waals surface area contributed by atoms with E-state index >= 15 is 0 Å². The van der Waals surface area contributed by atoms with Gasteiger partial charge in [-0.3, -0.25) is 0 Å². The number of rotatable bonds is 9. The van der Waals surface area contributed by atoms with E-state index in [1.807, 2.05) is 36.4 Å². The van der Waals surface area contributed by atoms with E-state index in [4.69, 9.17) is 19.0 Å². The number of carboxylic acid groups (broad SMARTS) is 1. The van der Waals surface area contributed by atoms with Crippen LogP contribution in [0.1, 0.15) is 21.7 Å². The van der Waals surface area contributed by atoms with E-state index in [-0.39, 0.29) is 18.0 Å². The fourth-order valence-electron chi connectivity index (χ4n) is 2.91. The molecule has 0 unspecified atom stereocenters. The van der Waals surface area contributed by atoms with Crippen molar-refractivity contribution in [2.45, 2.75) is 13.0 Å². The van der Waals surface area contributed by atoms with Gasteiger partial charge in [0, 0.05) is 5.56 Å². The van der Waals surface area contributed by atoms with Crippen molar-refractivity contribution in [3.8, 4) is 22.8 Å². The largest absolute Gasteiger partial charge is 1.00 e. The van der Waals surface area contributed by atoms with Gasteiger partial charge in [0.1, 0.15) is 11.5 Å². The van der Waals surface area contributed by atoms with Crippen LogP contribution in [0.4, 0.5) is 0 Å². The summed E-state index contributed by atoms with van der Waals surface area (Å²) in [6, 6.07) is 16.4. The van der Waals surface area contributed by atoms with E-state index in [1.54, 1.807) is 32.4 Å². The number of benzene rings is 2. The molecule has 3 aromatic rings. The van der Waals surface area contributed by atoms with Gasteiger partial charge in [-0.1, -0.05) is 18.2 Å². The van der Waals surface area contributed by atoms with E-state index in [0.29, 0.717) is 18.1 Å². The minimum atomic E-state index is -0.953. The molecule has 0 radical (unpaired) electrons. The summed E-state index contributed by atoms with van der Waals surface area (Å²) < 4.78 is 16.4. The SMILES string of the molecule is COc1ccc(CCNCc2ccc(-c3cccc(C(=O)O)c3)o2)cc1OC.[Cl-]. The number of hydrogen-bond donors (Lipinski definition) is 2. The summed E-state index contributed by atoms with van der Waals surface area (Å²) in [5, 5.41) is 12.5. The lowest BCUT2D eigenvalue weighted by molar-refractivity contribution is -0.0000222. The summed E-state index contributed by atoms with van der Waals surface area (Å²) in [6.45, 7) is 1.37. The van der Waals surface area contributed by atoms with Gasteiger partial charge in [-0.25, -0.2) is 4.79 Å². The monoisotopic (exact) mass is 416 g/mol. The standard InChI is InChI=1S/C22H23NO5.ClH/c1-26-20-8-6-15(12-21(20)27-2)10-11-23-14-18-7-9-19(28-18)16-4-3-5-17(13-16)22(24)25;/h3-9,12-13,23H,10-11,14H2,1-2H3,(H,24,25);1H/p-1. The first kappa shape index (κ1) is 22.3. The molecule has 1 aromatic heterocycles. The zero-order valence-corrected chi connectivity index (χ0v) is 17.0. The Hall–Kier alpha value is -2.96. The normalized spacial score (nSPS) is 10.3. The lowest BCUT2D eigenvalue weighted by atomic mass is 10.1. The fraction of sp³-hybridized carbons (Fsp3) is 0.227. The molecule has 2 N–H and O–H groups in total. The number of halogens is 1. The van der Waals surface area contributed by atoms with Crippen LogP contribution in [0, 0.1) is 0 Å². The van der Waals surface area contributed by atoms with Crippen LogP contribution in [0.5, 0.6) is 11.5 Å². The number of nitrogens with one attached hydrogen (secondary N) is 1. The second-order valence-corrected chi connectivity index (χ2v) is 6.27. The Bertz CT molecular complexity index is 954. The molecule has 3 rings (SSSR count). The number of ether oxygens (including phenoxy) is 2. The molecule has 0 aliphatic rings. The molecule has 154 valence electrons. The summed E-state index contributed by atoms with van der Waals surface area (Å²) in [4.78, 5) is 11.1. The van der Waals surface area contributed by atoms with Gasteiger partial charge in [0.05, 0.1) is 26.3 Å². The predicted molar refractivity (Wildman–Crippen MR) is 106 cm³/mol. The van der Waals surface area contributed by atoms with Crippen LogP contribution in [0.15, 0.2) is 59.0 Å². The summed E-state index contributed by atoms with van der Waals surface area (Å²) >= 11 is 0. The first-order valence-electron chi connectivity index (χ1n) is 8.95. The molecule has 0 saturated heterocycles. The Morgan fingerprint density at radius 1 is 1.03 bits per heavy atom. The topological polar surface area (TPSA) is 80.9 Å². The maximum atomic E-state index is 11.1. The highest BCUT2D eigenvalue weighted by molar-refractivity contribution is 5.89. The van der Waals surface area contributed by atoms with E-state index in [9.17, 15) is 4.79 Å². The predicted octanol–water partition coefficient (Wildman–Crippen LogP) is 0.998. The molecule has 29 heavy (non-hydrogen) atoms. The summed E-state index contributed by atoms with van der Waals surface area (Å²) in [5.74, 6) is 1.93. The minimum Gasteiger partial charge on any atom is -1.00 e. The third-order valence-corrected chi connectivity index (χ3v) is 4.39. The number of carboxylic acids is 1. The lowest BCUT2D eigenvalue weighted by Crippen LogP contribution is -3.00. The average Bonchev–Trinajstić information content (AvgIpc) is 3.20. The van der Waals surface area contributed by atoms with Gasteiger partial charge in [0.15, 0.2) is 11.5 Å². The smallest absolute Gasteiger partial charge is 0.335 e. The molecule has 0 spiro atoms. The van der Waals surface area contributed by atoms with E-state index < -0.39 is 5.97 Å². The molecular weight excluding hydrogens is 394 g/mol. The summed E-state index contributed by atoms with van der Waals surface area (Å²) in [7, 11) is 3.25. The van der Waals surface area contributed by atoms with Crippen LogP contribution in [-0.4, -0.2) is 31.8 Å². The molecule has 0 bridgehead atoms. The number of methoxy groups -OCH3 is 2. The van der Waals surface area contributed by atoms with Gasteiger partial charge in [-0.15, -0.1) is 0 Å². The van der Waals surface area contributed by atoms with Crippen molar-refractivity contribution in [3.63, 3.8) is 0 Å². The van der Waals surface area contributed by atoms with Crippen LogP contribution in [0.25, 0.3) is 11.3 Å². The van der Waals surface area contributed by atoms with Crippen LogP contribution in [-0.2, 0) is 13.0 Å². The van der Waals surface area contributed by atoms with Crippen molar-refractivity contribution in [1.29, 1.82) is 0 Å². The fourth-order valence-corrected chi connectivity index (χ4v) is 2.91. The van der Waals surface area contributed by atoms with Crippen LogP contribution in [0.2, 0.25) is 0 Å². The lowest BCUT2D eigenvalue weighted by Gasteiger charge is -2.09. The quantitative estimate of drug-likeness (QED) is 0.506. The Morgan fingerprint density at radius 2 is 1.83 bits per heavy atom. The van der Waals surface area contributed by atoms with Crippen molar-refractivity contribution >= 4 is 5.97 Å². The van der Waals surface area contributed by atoms with Crippen molar-refractivity contribution < 1.29 is 36.2 Å². The van der Waals surface area contributed by atoms with Crippen molar-refractivity contribution in [2.75, 3.05) is 20.8 Å². The minimum absolute atomic E-state index is 0. The number of furan rings is 1. The maximum absolute atomic E-state index is 11.1. The Kier molecular flexibility index (Phi) is 8.12. The van der Waals surface area contributed by atoms with Gasteiger partial charge in [-0.2, -0.15) is 0 Å². The first-order valence-corrected chi connectivity index (χ1v) is 8.95. The Labute approximate surface area is 175 Å². The molecule has 1 heterocycles. The third-order valence-electron chi connectivity index (χ3n) is 4.39. The highest BCUT2D eigenvalue weighted by Gasteiger charge is 2.09. The molecule has 0 amide bonds. The average molecular weight is 417 g/mol. The van der Waals surface area contributed by atoms with E-state index in [2.05, 4.69) is 5.32 Å². The van der Waals surface area contributed by atoms with Crippen LogP contribution < -0.4 is 27.2 Å². The zero-order valence-electron chi connectivity index (χ0n) is 16.3. The maximum Gasteiger partial charge on any atom is 0.335 e. The van der Waals surface area contributed by atoms with E-state index in [0.717, 1.165) is 35.6 Å². The highest BCUT2D eigenvalue weighted by Crippen LogP contribution is 2.27. The van der Waals surface area contributed by atoms with E-state index in [1.165, 1.54) is 0 Å². The summed E-state index contributed by atoms with van der Waals surface area (Å²) in [5.41, 5.74) is 2.13. The van der Waals surface area contributed by atoms with Crippen molar-refractivity contribution in [2.24, 2.45) is 0 Å². The van der Waals surface area contributed by atoms with Crippen molar-refractivity contribution in [3.05, 3.63) is 71.5 Å². The van der Waals surface area contributed by atoms with Crippen molar-refractivity contribution in [1.82, 2.24) is 5.32 Å². The second kappa shape index (κ2) is 10.5. The number of carbonyl (C=O) groups is 1. The van der Waals surface area contributed by atoms with Crippen LogP contribution in [0.3, 0.4) is 0 Å². The second-order valence-electron chi connectivity index (χ2n) is 6.27. The van der Waals surface area contributed by atoms with Gasteiger partial charge in [-0.05, 0) is 54.9 Å². The first-order chi connectivity index (χ1) is 13.6. The molecule has 0 aliphatic heterocycles. The van der Waals surface area contributed by atoms with Gasteiger partial charge in [0.2, 0.25) is 0 Å². The van der Waals surface area contributed by atoms with Gasteiger partial charge >= 0.3 is 5.97 Å².